The molecule has 2 unspecified atom stereocenters. The van der Waals surface area contributed by atoms with E-state index in [9.17, 15) is 9.59 Å². The fourth-order valence-electron chi connectivity index (χ4n) is 5.77. The second-order valence-electron chi connectivity index (χ2n) is 11.0. The first-order chi connectivity index (χ1) is 18.4. The van der Waals surface area contributed by atoms with Gasteiger partial charge in [0.1, 0.15) is 5.54 Å². The molecule has 2 atom stereocenters. The van der Waals surface area contributed by atoms with Gasteiger partial charge in [0.2, 0.25) is 0 Å². The van der Waals surface area contributed by atoms with E-state index in [-0.39, 0.29) is 18.0 Å². The number of urea groups is 1. The molecule has 0 spiro atoms. The number of carbonyl (C=O) groups excluding carboxylic acids is 2. The zero-order chi connectivity index (χ0) is 27.0. The van der Waals surface area contributed by atoms with Crippen molar-refractivity contribution in [1.82, 2.24) is 15.5 Å². The maximum absolute atomic E-state index is 13.7. The van der Waals surface area contributed by atoms with E-state index in [1.54, 1.807) is 4.90 Å². The van der Waals surface area contributed by atoms with Crippen LogP contribution in [0, 0.1) is 5.92 Å². The van der Waals surface area contributed by atoms with E-state index in [2.05, 4.69) is 17.6 Å². The van der Waals surface area contributed by atoms with E-state index < -0.39 is 5.54 Å². The van der Waals surface area contributed by atoms with E-state index >= 15 is 0 Å². The molecule has 7 nitrogen and oxygen atoms in total. The summed E-state index contributed by atoms with van der Waals surface area (Å²) in [5, 5.41) is 5.89. The molecule has 0 aromatic heterocycles. The van der Waals surface area contributed by atoms with Gasteiger partial charge in [0.05, 0.1) is 12.6 Å². The van der Waals surface area contributed by atoms with Gasteiger partial charge in [0.15, 0.2) is 5.96 Å². The molecule has 7 heteroatoms. The summed E-state index contributed by atoms with van der Waals surface area (Å²) in [6.07, 6.45) is 9.78. The van der Waals surface area contributed by atoms with Gasteiger partial charge < -0.3 is 16.4 Å². The van der Waals surface area contributed by atoms with Crippen LogP contribution in [0.4, 0.5) is 4.79 Å². The number of nitrogens with zero attached hydrogens (tertiary/aromatic N) is 2. The predicted octanol–water partition coefficient (Wildman–Crippen LogP) is 5.80. The molecule has 3 amide bonds. The van der Waals surface area contributed by atoms with Gasteiger partial charge in [0, 0.05) is 6.54 Å². The summed E-state index contributed by atoms with van der Waals surface area (Å²) < 4.78 is 0. The molecule has 0 bridgehead atoms. The molecule has 4 rings (SSSR count). The molecule has 1 heterocycles. The van der Waals surface area contributed by atoms with Crippen LogP contribution < -0.4 is 16.4 Å². The standard InChI is InChI=1S/C31H43N5O2/c1-3-4-19-31(20-24-11-7-5-8-12-24)28(37)36(29(32)35-31)22-26-17-15-25(16-18-26)21-33-30(38)34-23(2)27-13-9-6-10-14-27/h6,9-10,13-18,23-24H,3-5,7-8,11-12,19-22H2,1-2H3,(H2,32,35)(H2,33,34,38). The van der Waals surface area contributed by atoms with Crippen molar-refractivity contribution in [2.24, 2.45) is 16.6 Å². The average molecular weight is 518 g/mol. The number of hydrogen-bond acceptors (Lipinski definition) is 4. The molecule has 1 aliphatic heterocycles. The first-order valence-corrected chi connectivity index (χ1v) is 14.2. The number of carbonyl (C=O) groups is 2. The van der Waals surface area contributed by atoms with E-state index in [4.69, 9.17) is 10.7 Å². The van der Waals surface area contributed by atoms with Gasteiger partial charge in [-0.15, -0.1) is 0 Å². The summed E-state index contributed by atoms with van der Waals surface area (Å²) in [5.41, 5.74) is 8.70. The minimum atomic E-state index is -0.698. The highest BCUT2D eigenvalue weighted by atomic mass is 16.2. The van der Waals surface area contributed by atoms with Gasteiger partial charge in [-0.1, -0.05) is 106 Å². The number of guanidine groups is 1. The van der Waals surface area contributed by atoms with Gasteiger partial charge in [-0.2, -0.15) is 0 Å². The fourth-order valence-corrected chi connectivity index (χ4v) is 5.77. The minimum absolute atomic E-state index is 0.0592. The van der Waals surface area contributed by atoms with Crippen molar-refractivity contribution in [3.63, 3.8) is 0 Å². The predicted molar refractivity (Wildman–Crippen MR) is 152 cm³/mol. The summed E-state index contributed by atoms with van der Waals surface area (Å²) in [5.74, 6) is 0.960. The Balaban J connectivity index is 1.32. The van der Waals surface area contributed by atoms with Gasteiger partial charge in [-0.25, -0.2) is 9.79 Å². The molecule has 0 saturated heterocycles. The van der Waals surface area contributed by atoms with Crippen LogP contribution >= 0.6 is 0 Å². The molecule has 1 saturated carbocycles. The number of benzene rings is 2. The molecule has 1 fully saturated rings. The average Bonchev–Trinajstić information content (AvgIpc) is 3.16. The lowest BCUT2D eigenvalue weighted by Crippen LogP contribution is -2.45. The maximum atomic E-state index is 13.7. The summed E-state index contributed by atoms with van der Waals surface area (Å²) in [4.78, 5) is 32.6. The second-order valence-corrected chi connectivity index (χ2v) is 11.0. The van der Waals surface area contributed by atoms with Crippen molar-refractivity contribution in [2.75, 3.05) is 0 Å². The summed E-state index contributed by atoms with van der Waals surface area (Å²) in [6, 6.07) is 17.5. The minimum Gasteiger partial charge on any atom is -0.369 e. The smallest absolute Gasteiger partial charge is 0.315 e. The highest BCUT2D eigenvalue weighted by molar-refractivity contribution is 6.06. The van der Waals surface area contributed by atoms with Gasteiger partial charge in [0.25, 0.3) is 5.91 Å². The summed E-state index contributed by atoms with van der Waals surface area (Å²) in [7, 11) is 0. The van der Waals surface area contributed by atoms with Crippen LogP contribution in [0.3, 0.4) is 0 Å². The largest absolute Gasteiger partial charge is 0.369 e. The van der Waals surface area contributed by atoms with Crippen molar-refractivity contribution in [1.29, 1.82) is 0 Å². The Morgan fingerprint density at radius 2 is 1.76 bits per heavy atom. The monoisotopic (exact) mass is 517 g/mol. The maximum Gasteiger partial charge on any atom is 0.315 e. The third-order valence-electron chi connectivity index (χ3n) is 8.01. The third kappa shape index (κ3) is 6.94. The number of rotatable bonds is 11. The molecule has 2 aromatic carbocycles. The lowest BCUT2D eigenvalue weighted by Gasteiger charge is -2.32. The van der Waals surface area contributed by atoms with Gasteiger partial charge in [-0.3, -0.25) is 9.69 Å². The first-order valence-electron chi connectivity index (χ1n) is 14.2. The van der Waals surface area contributed by atoms with Crippen LogP contribution in [0.25, 0.3) is 0 Å². The molecular formula is C31H43N5O2. The van der Waals surface area contributed by atoms with Crippen LogP contribution in [0.1, 0.15) is 94.4 Å². The van der Waals surface area contributed by atoms with Crippen molar-refractivity contribution < 1.29 is 9.59 Å². The fraction of sp³-hybridized carbons (Fsp3) is 0.516. The number of hydrogen-bond donors (Lipinski definition) is 3. The number of nitrogens with one attached hydrogen (secondary N) is 2. The Morgan fingerprint density at radius 3 is 2.45 bits per heavy atom. The first kappa shape index (κ1) is 27.7. The second kappa shape index (κ2) is 12.9. The van der Waals surface area contributed by atoms with E-state index in [1.165, 1.54) is 32.1 Å². The Kier molecular flexibility index (Phi) is 9.43. The molecule has 1 aliphatic carbocycles. The van der Waals surface area contributed by atoms with Crippen LogP contribution in [-0.2, 0) is 17.9 Å². The Hall–Kier alpha value is -3.35. The lowest BCUT2D eigenvalue weighted by molar-refractivity contribution is -0.132. The van der Waals surface area contributed by atoms with Crippen molar-refractivity contribution in [3.8, 4) is 0 Å². The van der Waals surface area contributed by atoms with Crippen LogP contribution in [0.15, 0.2) is 59.6 Å². The summed E-state index contributed by atoms with van der Waals surface area (Å²) in [6.45, 7) is 4.95. The van der Waals surface area contributed by atoms with E-state index in [0.29, 0.717) is 25.0 Å². The summed E-state index contributed by atoms with van der Waals surface area (Å²) >= 11 is 0. The number of unbranched alkanes of at least 4 members (excludes halogenated alkanes) is 1. The number of aliphatic imine (C=N–C) groups is 1. The highest BCUT2D eigenvalue weighted by Gasteiger charge is 2.48. The number of amides is 3. The van der Waals surface area contributed by atoms with E-state index in [1.807, 2.05) is 61.5 Å². The van der Waals surface area contributed by atoms with Crippen LogP contribution in [0.2, 0.25) is 0 Å². The third-order valence-corrected chi connectivity index (χ3v) is 8.01. The molecule has 2 aliphatic rings. The van der Waals surface area contributed by atoms with Crippen molar-refractivity contribution in [3.05, 3.63) is 71.3 Å². The van der Waals surface area contributed by atoms with Crippen molar-refractivity contribution >= 4 is 17.9 Å². The topological polar surface area (TPSA) is 99.8 Å². The molecule has 4 N–H and O–H groups in total. The molecule has 204 valence electrons. The zero-order valence-corrected chi connectivity index (χ0v) is 22.9. The quantitative estimate of drug-likeness (QED) is 0.351. The highest BCUT2D eigenvalue weighted by Crippen LogP contribution is 2.39. The Morgan fingerprint density at radius 1 is 1.08 bits per heavy atom. The van der Waals surface area contributed by atoms with E-state index in [0.717, 1.165) is 42.4 Å². The molecule has 2 aromatic rings. The lowest BCUT2D eigenvalue weighted by atomic mass is 9.77. The SMILES string of the molecule is CCCCC1(CC2CCCCC2)N=C(N)N(Cc2ccc(CNC(=O)NC(C)c3ccccc3)cc2)C1=O. The van der Waals surface area contributed by atoms with Crippen LogP contribution in [-0.4, -0.2) is 28.3 Å². The van der Waals surface area contributed by atoms with Gasteiger partial charge >= 0.3 is 6.03 Å². The Labute approximate surface area is 227 Å². The van der Waals surface area contributed by atoms with Crippen molar-refractivity contribution in [2.45, 2.75) is 96.3 Å². The van der Waals surface area contributed by atoms with Crippen LogP contribution in [0.5, 0.6) is 0 Å². The zero-order valence-electron chi connectivity index (χ0n) is 22.9. The molecule has 38 heavy (non-hydrogen) atoms. The van der Waals surface area contributed by atoms with Gasteiger partial charge in [-0.05, 0) is 42.4 Å². The normalized spacial score (nSPS) is 20.7. The Bertz CT molecular complexity index is 1100. The molecule has 0 radical (unpaired) electrons. The number of nitrogens with two attached hydrogens (primary N) is 1. The molecular weight excluding hydrogens is 474 g/mol.